The largest absolute Gasteiger partial charge is 0.474 e. The highest BCUT2D eigenvalue weighted by molar-refractivity contribution is 5.99. The molecule has 3 aliphatic rings. The van der Waals surface area contributed by atoms with Gasteiger partial charge in [-0.05, 0) is 42.8 Å². The number of likely N-dealkylation sites (tertiary alicyclic amines) is 1. The highest BCUT2D eigenvalue weighted by Crippen LogP contribution is 2.40. The molecule has 0 bridgehead atoms. The number of piperidine rings is 1. The van der Waals surface area contributed by atoms with Crippen LogP contribution in [0.15, 0.2) is 24.5 Å². The molecule has 0 unspecified atom stereocenters. The third-order valence-electron chi connectivity index (χ3n) is 7.97. The number of nitrogens with one attached hydrogen (secondary N) is 1. The Morgan fingerprint density at radius 1 is 1.23 bits per heavy atom. The molecule has 0 saturated carbocycles. The Kier molecular flexibility index (Phi) is 6.59. The Labute approximate surface area is 223 Å². The fourth-order valence-electron chi connectivity index (χ4n) is 5.86. The number of nitrogens with two attached hydrogens (primary N) is 1. The van der Waals surface area contributed by atoms with Crippen LogP contribution < -0.4 is 20.7 Å². The summed E-state index contributed by atoms with van der Waals surface area (Å²) < 4.78 is 42.0. The minimum Gasteiger partial charge on any atom is -0.474 e. The molecule has 3 aromatic rings. The molecule has 4 N–H and O–H groups in total. The molecule has 0 spiro atoms. The number of alkyl halides is 1. The Balaban J connectivity index is 1.36. The number of amides is 1. The normalized spacial score (nSPS) is 23.2. The van der Waals surface area contributed by atoms with Gasteiger partial charge in [0.25, 0.3) is 0 Å². The van der Waals surface area contributed by atoms with Crippen molar-refractivity contribution in [2.24, 2.45) is 0 Å². The third-order valence-corrected chi connectivity index (χ3v) is 7.97. The maximum Gasteiger partial charge on any atom is 0.413 e. The molecule has 39 heavy (non-hydrogen) atoms. The van der Waals surface area contributed by atoms with Gasteiger partial charge in [0.05, 0.1) is 18.3 Å². The minimum atomic E-state index is -1.40. The van der Waals surface area contributed by atoms with Crippen molar-refractivity contribution in [3.63, 3.8) is 0 Å². The number of nitrogen functional groups attached to an aromatic ring is 1. The smallest absolute Gasteiger partial charge is 0.413 e. The van der Waals surface area contributed by atoms with Crippen LogP contribution in [0.2, 0.25) is 0 Å². The molecule has 3 aliphatic heterocycles. The standard InChI is InChI=1S/C27H30F2N6O4/c1-14-18(10-33-26-25(14)31-4-7-39-26)17-8-15-9-22(32-11-19(15)24(30)23(17)29)35(27(36)37)21-2-5-34(12-20(21)28)16-3-6-38-13-16/h8-11,16,20-21,31H,2-7,12-13,30H2,1H3,(H,36,37)/t16-,20+,21-/m0/s1. The van der Waals surface area contributed by atoms with E-state index in [0.29, 0.717) is 67.2 Å². The number of pyridine rings is 2. The number of rotatable bonds is 4. The van der Waals surface area contributed by atoms with Gasteiger partial charge in [0.15, 0.2) is 5.82 Å². The van der Waals surface area contributed by atoms with Crippen molar-refractivity contribution in [2.45, 2.75) is 38.0 Å². The van der Waals surface area contributed by atoms with Gasteiger partial charge in [-0.1, -0.05) is 0 Å². The lowest BCUT2D eigenvalue weighted by atomic mass is 9.96. The van der Waals surface area contributed by atoms with E-state index in [1.165, 1.54) is 18.5 Å². The summed E-state index contributed by atoms with van der Waals surface area (Å²) in [4.78, 5) is 24.0. The maximum absolute atomic E-state index is 15.5. The van der Waals surface area contributed by atoms with Crippen LogP contribution in [0, 0.1) is 12.7 Å². The lowest BCUT2D eigenvalue weighted by Gasteiger charge is -2.41. The predicted octanol–water partition coefficient (Wildman–Crippen LogP) is 3.82. The first-order valence-corrected chi connectivity index (χ1v) is 13.1. The zero-order valence-electron chi connectivity index (χ0n) is 21.5. The maximum atomic E-state index is 15.5. The molecule has 1 amide bonds. The quantitative estimate of drug-likeness (QED) is 0.424. The molecule has 0 aliphatic carbocycles. The monoisotopic (exact) mass is 540 g/mol. The fraction of sp³-hybridized carbons (Fsp3) is 0.444. The summed E-state index contributed by atoms with van der Waals surface area (Å²) in [7, 11) is 0. The van der Waals surface area contributed by atoms with Crippen LogP contribution in [0.25, 0.3) is 21.9 Å². The van der Waals surface area contributed by atoms with Crippen molar-refractivity contribution in [1.82, 2.24) is 14.9 Å². The van der Waals surface area contributed by atoms with Crippen molar-refractivity contribution in [3.05, 3.63) is 35.9 Å². The number of carboxylic acid groups (broad SMARTS) is 1. The van der Waals surface area contributed by atoms with Crippen LogP contribution in [0.5, 0.6) is 5.88 Å². The van der Waals surface area contributed by atoms with E-state index in [0.717, 1.165) is 16.9 Å². The number of carbonyl (C=O) groups is 1. The molecule has 2 saturated heterocycles. The van der Waals surface area contributed by atoms with E-state index < -0.39 is 24.1 Å². The first-order valence-electron chi connectivity index (χ1n) is 13.1. The van der Waals surface area contributed by atoms with Gasteiger partial charge in [0.2, 0.25) is 5.88 Å². The molecule has 0 radical (unpaired) electrons. The number of hydrogen-bond acceptors (Lipinski definition) is 8. The van der Waals surface area contributed by atoms with Crippen molar-refractivity contribution < 1.29 is 28.2 Å². The van der Waals surface area contributed by atoms with Crippen molar-refractivity contribution >= 4 is 34.1 Å². The Morgan fingerprint density at radius 3 is 2.82 bits per heavy atom. The number of anilines is 3. The second kappa shape index (κ2) is 10.1. The van der Waals surface area contributed by atoms with Crippen LogP contribution in [-0.4, -0.2) is 83.8 Å². The highest BCUT2D eigenvalue weighted by atomic mass is 19.1. The summed E-state index contributed by atoms with van der Waals surface area (Å²) in [5.74, 6) is -0.110. The topological polar surface area (TPSA) is 126 Å². The second-order valence-electron chi connectivity index (χ2n) is 10.2. The van der Waals surface area contributed by atoms with Crippen molar-refractivity contribution in [1.29, 1.82) is 0 Å². The number of aromatic nitrogens is 2. The fourth-order valence-corrected chi connectivity index (χ4v) is 5.86. The lowest BCUT2D eigenvalue weighted by molar-refractivity contribution is 0.0712. The van der Waals surface area contributed by atoms with Crippen molar-refractivity contribution in [2.75, 3.05) is 55.4 Å². The number of fused-ring (bicyclic) bond motifs is 2. The first kappa shape index (κ1) is 25.5. The molecule has 6 rings (SSSR count). The molecule has 2 aromatic heterocycles. The van der Waals surface area contributed by atoms with E-state index >= 15 is 8.78 Å². The molecule has 10 nitrogen and oxygen atoms in total. The van der Waals surface area contributed by atoms with Crippen LogP contribution in [0.1, 0.15) is 18.4 Å². The molecule has 12 heteroatoms. The molecule has 2 fully saturated rings. The Hall–Kier alpha value is -3.77. The van der Waals surface area contributed by atoms with E-state index in [2.05, 4.69) is 15.3 Å². The molecule has 5 heterocycles. The summed E-state index contributed by atoms with van der Waals surface area (Å²) in [6.07, 6.45) is 1.33. The summed E-state index contributed by atoms with van der Waals surface area (Å²) in [6.45, 7) is 4.83. The van der Waals surface area contributed by atoms with E-state index in [-0.39, 0.29) is 29.7 Å². The summed E-state index contributed by atoms with van der Waals surface area (Å²) >= 11 is 0. The molecule has 1 aromatic carbocycles. The number of halogens is 2. The summed E-state index contributed by atoms with van der Waals surface area (Å²) in [6, 6.07) is 2.37. The molecule has 206 valence electrons. The average Bonchev–Trinajstić information content (AvgIpc) is 3.47. The van der Waals surface area contributed by atoms with E-state index in [4.69, 9.17) is 15.2 Å². The zero-order chi connectivity index (χ0) is 27.3. The Morgan fingerprint density at radius 2 is 2.08 bits per heavy atom. The van der Waals surface area contributed by atoms with E-state index in [9.17, 15) is 9.90 Å². The van der Waals surface area contributed by atoms with Crippen molar-refractivity contribution in [3.8, 4) is 17.0 Å². The van der Waals surface area contributed by atoms with Crippen LogP contribution in [0.4, 0.5) is 30.8 Å². The van der Waals surface area contributed by atoms with Crippen LogP contribution in [-0.2, 0) is 4.74 Å². The summed E-state index contributed by atoms with van der Waals surface area (Å²) in [5, 5.41) is 14.2. The molecule has 3 atom stereocenters. The molecular weight excluding hydrogens is 510 g/mol. The lowest BCUT2D eigenvalue weighted by Crippen LogP contribution is -2.56. The molecular formula is C27H30F2N6O4. The number of nitrogens with zero attached hydrogens (tertiary/aromatic N) is 4. The van der Waals surface area contributed by atoms with Gasteiger partial charge >= 0.3 is 6.09 Å². The number of benzene rings is 1. The number of hydrogen-bond donors (Lipinski definition) is 3. The van der Waals surface area contributed by atoms with Gasteiger partial charge in [-0.2, -0.15) is 0 Å². The van der Waals surface area contributed by atoms with Crippen LogP contribution >= 0.6 is 0 Å². The highest BCUT2D eigenvalue weighted by Gasteiger charge is 2.40. The van der Waals surface area contributed by atoms with Gasteiger partial charge in [0, 0.05) is 61.2 Å². The number of ether oxygens (including phenoxy) is 2. The zero-order valence-corrected chi connectivity index (χ0v) is 21.5. The van der Waals surface area contributed by atoms with Gasteiger partial charge in [-0.3, -0.25) is 9.80 Å². The average molecular weight is 541 g/mol. The first-order chi connectivity index (χ1) is 18.8. The minimum absolute atomic E-state index is 0.0626. The third kappa shape index (κ3) is 4.47. The van der Waals surface area contributed by atoms with Gasteiger partial charge < -0.3 is 25.6 Å². The summed E-state index contributed by atoms with van der Waals surface area (Å²) in [5.41, 5.74) is 8.26. The van der Waals surface area contributed by atoms with Gasteiger partial charge in [0.1, 0.15) is 24.3 Å². The van der Waals surface area contributed by atoms with E-state index in [1.807, 2.05) is 11.8 Å². The van der Waals surface area contributed by atoms with E-state index in [1.54, 1.807) is 6.07 Å². The van der Waals surface area contributed by atoms with Crippen LogP contribution in [0.3, 0.4) is 0 Å². The predicted molar refractivity (Wildman–Crippen MR) is 143 cm³/mol. The second-order valence-corrected chi connectivity index (χ2v) is 10.2. The van der Waals surface area contributed by atoms with Gasteiger partial charge in [-0.15, -0.1) is 0 Å². The SMILES string of the molecule is Cc1c(-c2cc3cc(N(C(=O)O)[C@H]4CCN([C@H]5CCOC5)C[C@H]4F)ncc3c(N)c2F)cnc2c1NCCO2. The van der Waals surface area contributed by atoms with Gasteiger partial charge in [-0.25, -0.2) is 23.5 Å². The Bertz CT molecular complexity index is 1430.